The Morgan fingerprint density at radius 2 is 1.94 bits per heavy atom. The van der Waals surface area contributed by atoms with E-state index in [1.54, 1.807) is 0 Å². The number of ether oxygens (including phenoxy) is 1. The molecule has 7 nitrogen and oxygen atoms in total. The predicted octanol–water partition coefficient (Wildman–Crippen LogP) is -1.91. The van der Waals surface area contributed by atoms with Crippen LogP contribution in [0.1, 0.15) is 26.2 Å². The number of aliphatic hydroxyl groups is 4. The van der Waals surface area contributed by atoms with Gasteiger partial charge in [0, 0.05) is 6.42 Å². The number of unbranched alkanes of at least 4 members (excludes halogenated alkanes) is 1. The maximum absolute atomic E-state index is 11.5. The fourth-order valence-corrected chi connectivity index (χ4v) is 1.85. The van der Waals surface area contributed by atoms with E-state index in [-0.39, 0.29) is 12.3 Å². The molecule has 0 saturated carbocycles. The Morgan fingerprint density at radius 3 is 2.50 bits per heavy atom. The summed E-state index contributed by atoms with van der Waals surface area (Å²) in [7, 11) is 0. The van der Waals surface area contributed by atoms with Crippen molar-refractivity contribution in [2.24, 2.45) is 0 Å². The van der Waals surface area contributed by atoms with Crippen molar-refractivity contribution >= 4 is 5.91 Å². The van der Waals surface area contributed by atoms with Crippen LogP contribution in [0, 0.1) is 0 Å². The second kappa shape index (κ2) is 7.01. The summed E-state index contributed by atoms with van der Waals surface area (Å²) >= 11 is 0. The molecule has 0 spiro atoms. The van der Waals surface area contributed by atoms with Crippen molar-refractivity contribution in [1.82, 2.24) is 5.32 Å². The SMILES string of the molecule is CCCCC(=O)N[C@H]1[C@@H](O)[C@H](O)[C@@H](CO)O[C@@H]1O. The normalized spacial score (nSPS) is 36.4. The second-order valence-electron chi connectivity index (χ2n) is 4.43. The van der Waals surface area contributed by atoms with Crippen LogP contribution in [0.4, 0.5) is 0 Å². The highest BCUT2D eigenvalue weighted by atomic mass is 16.6. The van der Waals surface area contributed by atoms with E-state index in [9.17, 15) is 20.1 Å². The number of carbonyl (C=O) groups is 1. The van der Waals surface area contributed by atoms with Crippen molar-refractivity contribution in [3.05, 3.63) is 0 Å². The van der Waals surface area contributed by atoms with Gasteiger partial charge in [-0.3, -0.25) is 4.79 Å². The smallest absolute Gasteiger partial charge is 0.220 e. The summed E-state index contributed by atoms with van der Waals surface area (Å²) in [4.78, 5) is 11.5. The third kappa shape index (κ3) is 3.63. The molecule has 7 heteroatoms. The molecule has 1 aliphatic heterocycles. The third-order valence-corrected chi connectivity index (χ3v) is 2.99. The number of nitrogens with one attached hydrogen (secondary N) is 1. The minimum atomic E-state index is -1.45. The lowest BCUT2D eigenvalue weighted by molar-refractivity contribution is -0.253. The van der Waals surface area contributed by atoms with Crippen LogP contribution in [-0.4, -0.2) is 63.6 Å². The number of hydrogen-bond donors (Lipinski definition) is 5. The fraction of sp³-hybridized carbons (Fsp3) is 0.909. The molecule has 0 aliphatic carbocycles. The van der Waals surface area contributed by atoms with Gasteiger partial charge in [-0.05, 0) is 6.42 Å². The molecule has 1 aliphatic rings. The summed E-state index contributed by atoms with van der Waals surface area (Å²) in [6.45, 7) is 1.42. The highest BCUT2D eigenvalue weighted by molar-refractivity contribution is 5.76. The van der Waals surface area contributed by atoms with Crippen molar-refractivity contribution in [3.63, 3.8) is 0 Å². The van der Waals surface area contributed by atoms with E-state index in [0.29, 0.717) is 6.42 Å². The summed E-state index contributed by atoms with van der Waals surface area (Å²) in [6.07, 6.45) is -3.40. The van der Waals surface area contributed by atoms with Crippen LogP contribution in [-0.2, 0) is 9.53 Å². The predicted molar refractivity (Wildman–Crippen MR) is 61.4 cm³/mol. The van der Waals surface area contributed by atoms with Gasteiger partial charge in [0.1, 0.15) is 24.4 Å². The minimum absolute atomic E-state index is 0.284. The van der Waals surface area contributed by atoms with Gasteiger partial charge in [-0.1, -0.05) is 13.3 Å². The fourth-order valence-electron chi connectivity index (χ4n) is 1.85. The molecule has 1 saturated heterocycles. The van der Waals surface area contributed by atoms with E-state index in [1.807, 2.05) is 6.92 Å². The molecule has 0 aromatic carbocycles. The van der Waals surface area contributed by atoms with Gasteiger partial charge >= 0.3 is 0 Å². The highest BCUT2D eigenvalue weighted by Gasteiger charge is 2.44. The summed E-state index contributed by atoms with van der Waals surface area (Å²) in [5, 5.41) is 40.3. The van der Waals surface area contributed by atoms with Crippen LogP contribution in [0.15, 0.2) is 0 Å². The molecule has 0 aromatic rings. The zero-order valence-electron chi connectivity index (χ0n) is 10.3. The van der Waals surface area contributed by atoms with Crippen LogP contribution in [0.25, 0.3) is 0 Å². The quantitative estimate of drug-likeness (QED) is 0.395. The molecular formula is C11H21NO6. The van der Waals surface area contributed by atoms with Crippen molar-refractivity contribution in [2.75, 3.05) is 6.61 Å². The van der Waals surface area contributed by atoms with Crippen LogP contribution in [0.3, 0.4) is 0 Å². The van der Waals surface area contributed by atoms with E-state index in [2.05, 4.69) is 5.32 Å². The Kier molecular flexibility index (Phi) is 5.97. The van der Waals surface area contributed by atoms with Gasteiger partial charge in [0.05, 0.1) is 6.61 Å². The van der Waals surface area contributed by atoms with Gasteiger partial charge in [0.25, 0.3) is 0 Å². The zero-order valence-corrected chi connectivity index (χ0v) is 10.3. The number of carbonyl (C=O) groups excluding carboxylic acids is 1. The van der Waals surface area contributed by atoms with Crippen molar-refractivity contribution in [1.29, 1.82) is 0 Å². The van der Waals surface area contributed by atoms with Crippen molar-refractivity contribution in [2.45, 2.75) is 56.8 Å². The average Bonchev–Trinajstić information content (AvgIpc) is 2.36. The first-order chi connectivity index (χ1) is 8.51. The Balaban J connectivity index is 2.57. The lowest BCUT2D eigenvalue weighted by Gasteiger charge is -2.40. The molecule has 5 atom stereocenters. The van der Waals surface area contributed by atoms with Gasteiger partial charge in [0.2, 0.25) is 5.91 Å². The van der Waals surface area contributed by atoms with E-state index in [1.165, 1.54) is 0 Å². The Hall–Kier alpha value is -0.730. The molecule has 0 radical (unpaired) electrons. The highest BCUT2D eigenvalue weighted by Crippen LogP contribution is 2.19. The molecule has 0 bridgehead atoms. The molecule has 1 fully saturated rings. The van der Waals surface area contributed by atoms with Gasteiger partial charge in [0.15, 0.2) is 6.29 Å². The Labute approximate surface area is 105 Å². The van der Waals surface area contributed by atoms with Gasteiger partial charge in [-0.2, -0.15) is 0 Å². The van der Waals surface area contributed by atoms with Gasteiger partial charge in [-0.25, -0.2) is 0 Å². The van der Waals surface area contributed by atoms with Crippen molar-refractivity contribution in [3.8, 4) is 0 Å². The molecule has 5 N–H and O–H groups in total. The lowest BCUT2D eigenvalue weighted by atomic mass is 9.97. The largest absolute Gasteiger partial charge is 0.394 e. The monoisotopic (exact) mass is 263 g/mol. The Morgan fingerprint density at radius 1 is 1.28 bits per heavy atom. The number of aliphatic hydroxyl groups excluding tert-OH is 4. The maximum Gasteiger partial charge on any atom is 0.220 e. The van der Waals surface area contributed by atoms with Gasteiger partial charge in [-0.15, -0.1) is 0 Å². The second-order valence-corrected chi connectivity index (χ2v) is 4.43. The van der Waals surface area contributed by atoms with E-state index >= 15 is 0 Å². The molecule has 1 amide bonds. The summed E-state index contributed by atoms with van der Waals surface area (Å²) < 4.78 is 4.92. The summed E-state index contributed by atoms with van der Waals surface area (Å²) in [6, 6.07) is -1.09. The Bertz CT molecular complexity index is 274. The molecule has 0 unspecified atom stereocenters. The van der Waals surface area contributed by atoms with Crippen LogP contribution >= 0.6 is 0 Å². The van der Waals surface area contributed by atoms with E-state index in [4.69, 9.17) is 9.84 Å². The molecule has 106 valence electrons. The number of amides is 1. The minimum Gasteiger partial charge on any atom is -0.394 e. The summed E-state index contributed by atoms with van der Waals surface area (Å²) in [5.41, 5.74) is 0. The lowest BCUT2D eigenvalue weighted by Crippen LogP contribution is -2.64. The van der Waals surface area contributed by atoms with Crippen LogP contribution in [0.5, 0.6) is 0 Å². The number of hydrogen-bond acceptors (Lipinski definition) is 6. The van der Waals surface area contributed by atoms with E-state index < -0.39 is 37.3 Å². The zero-order chi connectivity index (χ0) is 13.7. The molecule has 1 heterocycles. The molecular weight excluding hydrogens is 242 g/mol. The standard InChI is InChI=1S/C11H21NO6/c1-2-3-4-7(14)12-8-10(16)9(15)6(5-13)18-11(8)17/h6,8-11,13,15-17H,2-5H2,1H3,(H,12,14)/t6-,8+,9-,10-,11+/m1/s1. The third-order valence-electron chi connectivity index (χ3n) is 2.99. The first kappa shape index (κ1) is 15.3. The van der Waals surface area contributed by atoms with Crippen molar-refractivity contribution < 1.29 is 30.0 Å². The first-order valence-corrected chi connectivity index (χ1v) is 6.11. The van der Waals surface area contributed by atoms with Crippen LogP contribution < -0.4 is 5.32 Å². The maximum atomic E-state index is 11.5. The first-order valence-electron chi connectivity index (χ1n) is 6.11. The molecule has 1 rings (SSSR count). The summed E-state index contributed by atoms with van der Waals surface area (Å²) in [5.74, 6) is -0.321. The topological polar surface area (TPSA) is 119 Å². The molecule has 18 heavy (non-hydrogen) atoms. The van der Waals surface area contributed by atoms with Crippen LogP contribution in [0.2, 0.25) is 0 Å². The number of rotatable bonds is 5. The van der Waals surface area contributed by atoms with E-state index in [0.717, 1.165) is 6.42 Å². The molecule has 0 aromatic heterocycles. The van der Waals surface area contributed by atoms with Gasteiger partial charge < -0.3 is 30.5 Å². The average molecular weight is 263 g/mol.